The number of hydrogen-bond acceptors (Lipinski definition) is 4. The van der Waals surface area contributed by atoms with Gasteiger partial charge in [0.25, 0.3) is 0 Å². The predicted octanol–water partition coefficient (Wildman–Crippen LogP) is 5.14. The summed E-state index contributed by atoms with van der Waals surface area (Å²) in [6, 6.07) is 2.24. The Bertz CT molecular complexity index is 687. The van der Waals surface area contributed by atoms with Crippen molar-refractivity contribution in [2.24, 2.45) is 0 Å². The van der Waals surface area contributed by atoms with Crippen LogP contribution < -0.4 is 0 Å². The molecule has 0 aliphatic rings. The molecule has 1 radical (unpaired) electrons. The van der Waals surface area contributed by atoms with Gasteiger partial charge in [-0.3, -0.25) is 0 Å². The van der Waals surface area contributed by atoms with Crippen molar-refractivity contribution in [3.8, 4) is 0 Å². The molecule has 0 fully saturated rings. The molecule has 5 nitrogen and oxygen atoms in total. The maximum atomic E-state index is 9.11. The van der Waals surface area contributed by atoms with E-state index in [1.165, 1.54) is 23.3 Å². The number of fused-ring (bicyclic) bond motifs is 1. The molecule has 0 aliphatic carbocycles. The second kappa shape index (κ2) is 7.78. The van der Waals surface area contributed by atoms with Crippen LogP contribution in [0.5, 0.6) is 0 Å². The van der Waals surface area contributed by atoms with Crippen LogP contribution in [-0.4, -0.2) is 22.3 Å². The molecule has 0 spiro atoms. The predicted molar refractivity (Wildman–Crippen MR) is 99.4 cm³/mol. The molecule has 2 aromatic rings. The Morgan fingerprint density at radius 2 is 2.14 bits per heavy atom. The Labute approximate surface area is 154 Å². The zero-order chi connectivity index (χ0) is 17.1. The first-order valence-electron chi connectivity index (χ1n) is 6.39. The summed E-state index contributed by atoms with van der Waals surface area (Å²) in [5, 5.41) is 8.82. The lowest BCUT2D eigenvalue weighted by Crippen LogP contribution is -2.23. The number of rotatable bonds is 2. The minimum absolute atomic E-state index is 0.150. The SMILES string of the molecule is CCc1c(I)c2cc(Br)sc2n1C(C)(C)C.O=[C]OC(=O)O. The van der Waals surface area contributed by atoms with Gasteiger partial charge < -0.3 is 14.4 Å². The highest BCUT2D eigenvalue weighted by molar-refractivity contribution is 14.1. The van der Waals surface area contributed by atoms with Gasteiger partial charge in [-0.05, 0) is 71.8 Å². The van der Waals surface area contributed by atoms with Crippen LogP contribution in [0.3, 0.4) is 0 Å². The first kappa shape index (κ1) is 19.4. The lowest BCUT2D eigenvalue weighted by Gasteiger charge is -2.25. The van der Waals surface area contributed by atoms with E-state index in [1.807, 2.05) is 11.3 Å². The Kier molecular flexibility index (Phi) is 6.87. The second-order valence-corrected chi connectivity index (χ2v) is 8.83. The average molecular weight is 501 g/mol. The van der Waals surface area contributed by atoms with E-state index in [-0.39, 0.29) is 5.54 Å². The smallest absolute Gasteiger partial charge is 0.449 e. The van der Waals surface area contributed by atoms with Crippen molar-refractivity contribution in [3.05, 3.63) is 19.1 Å². The van der Waals surface area contributed by atoms with E-state index in [4.69, 9.17) is 14.7 Å². The van der Waals surface area contributed by atoms with Gasteiger partial charge in [-0.15, -0.1) is 11.3 Å². The first-order chi connectivity index (χ1) is 10.1. The highest BCUT2D eigenvalue weighted by Gasteiger charge is 2.24. The summed E-state index contributed by atoms with van der Waals surface area (Å²) in [7, 11) is 0. The van der Waals surface area contributed by atoms with E-state index in [0.29, 0.717) is 0 Å². The molecule has 0 unspecified atom stereocenters. The second-order valence-electron chi connectivity index (χ2n) is 5.34. The third kappa shape index (κ3) is 4.45. The fourth-order valence-corrected chi connectivity index (χ4v) is 5.12. The topological polar surface area (TPSA) is 68.5 Å². The lowest BCUT2D eigenvalue weighted by molar-refractivity contribution is 0.138. The summed E-state index contributed by atoms with van der Waals surface area (Å²) in [5.41, 5.74) is 1.61. The molecule has 0 aliphatic heterocycles. The maximum absolute atomic E-state index is 9.11. The Hall–Kier alpha value is -0.610. The number of aromatic nitrogens is 1. The standard InChI is InChI=1S/C12H15BrINS.C2HO4/c1-5-8-10(14)7-6-9(13)16-11(7)15(8)12(2,3)4;3-1-6-2(4)5/h6H,5H2,1-4H3;(H,4,5). The zero-order valence-electron chi connectivity index (χ0n) is 12.6. The molecular weight excluding hydrogens is 485 g/mol. The number of carboxylic acid groups (broad SMARTS) is 1. The molecule has 8 heteroatoms. The minimum Gasteiger partial charge on any atom is -0.449 e. The lowest BCUT2D eigenvalue weighted by atomic mass is 10.1. The van der Waals surface area contributed by atoms with Crippen LogP contribution in [0, 0.1) is 3.57 Å². The van der Waals surface area contributed by atoms with Crippen LogP contribution in [0.1, 0.15) is 33.4 Å². The Balaban J connectivity index is 0.000000346. The van der Waals surface area contributed by atoms with Crippen LogP contribution >= 0.6 is 49.9 Å². The van der Waals surface area contributed by atoms with Gasteiger partial charge in [0.2, 0.25) is 0 Å². The molecule has 121 valence electrons. The van der Waals surface area contributed by atoms with Crippen molar-refractivity contribution in [1.82, 2.24) is 4.57 Å². The molecule has 0 amide bonds. The molecule has 22 heavy (non-hydrogen) atoms. The van der Waals surface area contributed by atoms with Crippen LogP contribution in [0.2, 0.25) is 0 Å². The van der Waals surface area contributed by atoms with Gasteiger partial charge in [0.15, 0.2) is 0 Å². The third-order valence-corrected chi connectivity index (χ3v) is 5.61. The summed E-state index contributed by atoms with van der Waals surface area (Å²) < 4.78 is 8.27. The molecule has 1 N–H and O–H groups in total. The van der Waals surface area contributed by atoms with Crippen molar-refractivity contribution in [2.75, 3.05) is 0 Å². The molecule has 0 aromatic carbocycles. The quantitative estimate of drug-likeness (QED) is 0.352. The number of ether oxygens (including phenoxy) is 1. The van der Waals surface area contributed by atoms with Crippen LogP contribution in [0.25, 0.3) is 10.2 Å². The highest BCUT2D eigenvalue weighted by Crippen LogP contribution is 2.39. The van der Waals surface area contributed by atoms with Crippen LogP contribution in [-0.2, 0) is 21.5 Å². The van der Waals surface area contributed by atoms with Gasteiger partial charge in [0.05, 0.1) is 3.79 Å². The fraction of sp³-hybridized carbons (Fsp3) is 0.429. The van der Waals surface area contributed by atoms with Crippen molar-refractivity contribution in [3.63, 3.8) is 0 Å². The normalized spacial score (nSPS) is 11.0. The van der Waals surface area contributed by atoms with Crippen molar-refractivity contribution >= 4 is 72.7 Å². The van der Waals surface area contributed by atoms with E-state index in [0.717, 1.165) is 12.9 Å². The van der Waals surface area contributed by atoms with Gasteiger partial charge in [-0.1, -0.05) is 6.92 Å². The molecule has 2 aromatic heterocycles. The van der Waals surface area contributed by atoms with Crippen molar-refractivity contribution < 1.29 is 19.4 Å². The molecule has 2 rings (SSSR count). The van der Waals surface area contributed by atoms with E-state index in [2.05, 4.69) is 81.6 Å². The molecular formula is C14H16BrINO4S. The number of carbonyl (C=O) groups is 1. The number of nitrogens with zero attached hydrogens (tertiary/aromatic N) is 1. The Morgan fingerprint density at radius 3 is 2.50 bits per heavy atom. The average Bonchev–Trinajstić information content (AvgIpc) is 2.85. The summed E-state index contributed by atoms with van der Waals surface area (Å²) in [6.45, 7) is 9.77. The summed E-state index contributed by atoms with van der Waals surface area (Å²) in [5.74, 6) is 0. The van der Waals surface area contributed by atoms with Crippen LogP contribution in [0.15, 0.2) is 9.85 Å². The number of hydrogen-bond donors (Lipinski definition) is 1. The molecule has 0 bridgehead atoms. The third-order valence-electron chi connectivity index (χ3n) is 2.78. The number of carbonyl (C=O) groups excluding carboxylic acids is 1. The zero-order valence-corrected chi connectivity index (χ0v) is 17.1. The van der Waals surface area contributed by atoms with Crippen molar-refractivity contribution in [1.29, 1.82) is 0 Å². The molecule has 0 saturated carbocycles. The van der Waals surface area contributed by atoms with Gasteiger partial charge in [0.1, 0.15) is 4.83 Å². The van der Waals surface area contributed by atoms with Gasteiger partial charge in [-0.25, -0.2) is 9.59 Å². The van der Waals surface area contributed by atoms with E-state index >= 15 is 0 Å². The number of halogens is 2. The summed E-state index contributed by atoms with van der Waals surface area (Å²) >= 11 is 7.90. The van der Waals surface area contributed by atoms with Gasteiger partial charge in [0, 0.05) is 20.2 Å². The van der Waals surface area contributed by atoms with Gasteiger partial charge >= 0.3 is 12.6 Å². The summed E-state index contributed by atoms with van der Waals surface area (Å²) in [4.78, 5) is 19.4. The molecule has 0 atom stereocenters. The largest absolute Gasteiger partial charge is 0.514 e. The minimum atomic E-state index is -1.63. The monoisotopic (exact) mass is 500 g/mol. The summed E-state index contributed by atoms with van der Waals surface area (Å²) in [6.07, 6.45) is -0.542. The van der Waals surface area contributed by atoms with E-state index in [1.54, 1.807) is 0 Å². The maximum Gasteiger partial charge on any atom is 0.514 e. The van der Waals surface area contributed by atoms with Gasteiger partial charge in [-0.2, -0.15) is 0 Å². The van der Waals surface area contributed by atoms with E-state index in [9.17, 15) is 0 Å². The van der Waals surface area contributed by atoms with Crippen LogP contribution in [0.4, 0.5) is 4.79 Å². The highest BCUT2D eigenvalue weighted by atomic mass is 127. The van der Waals surface area contributed by atoms with E-state index < -0.39 is 6.16 Å². The molecule has 2 heterocycles. The van der Waals surface area contributed by atoms with Crippen molar-refractivity contribution in [2.45, 2.75) is 39.7 Å². The molecule has 0 saturated heterocycles. The first-order valence-corrected chi connectivity index (χ1v) is 9.07. The Morgan fingerprint density at radius 1 is 1.55 bits per heavy atom. The fourth-order valence-electron chi connectivity index (χ4n) is 2.11. The number of thiophene rings is 1.